The summed E-state index contributed by atoms with van der Waals surface area (Å²) in [4.78, 5) is 24.9. The normalized spacial score (nSPS) is 18.0. The molecule has 138 valence electrons. The molecule has 1 aromatic carbocycles. The van der Waals surface area contributed by atoms with Crippen LogP contribution in [0.3, 0.4) is 0 Å². The van der Waals surface area contributed by atoms with E-state index in [4.69, 9.17) is 9.84 Å². The molecule has 2 heterocycles. The number of carbonyl (C=O) groups is 2. The monoisotopic (exact) mass is 369 g/mol. The lowest BCUT2D eigenvalue weighted by Gasteiger charge is -2.31. The molecule has 0 bridgehead atoms. The Labute approximate surface area is 145 Å². The third kappa shape index (κ3) is 3.69. The molecule has 0 radical (unpaired) electrons. The number of halogens is 3. The van der Waals surface area contributed by atoms with Gasteiger partial charge in [0, 0.05) is 18.3 Å². The molecule has 2 aromatic rings. The van der Waals surface area contributed by atoms with Crippen molar-refractivity contribution < 1.29 is 32.6 Å². The maximum atomic E-state index is 12.7. The molecule has 7 nitrogen and oxygen atoms in total. The van der Waals surface area contributed by atoms with Crippen LogP contribution < -0.4 is 0 Å². The van der Waals surface area contributed by atoms with Crippen molar-refractivity contribution in [2.24, 2.45) is 0 Å². The van der Waals surface area contributed by atoms with Gasteiger partial charge in [0.15, 0.2) is 11.8 Å². The molecule has 1 unspecified atom stereocenters. The minimum absolute atomic E-state index is 0.0937. The average Bonchev–Trinajstić information content (AvgIpc) is 3.12. The zero-order valence-electron chi connectivity index (χ0n) is 13.3. The number of benzene rings is 1. The fourth-order valence-electron chi connectivity index (χ4n) is 2.57. The van der Waals surface area contributed by atoms with Crippen LogP contribution in [-0.2, 0) is 15.7 Å². The summed E-state index contributed by atoms with van der Waals surface area (Å²) in [6.45, 7) is 0.224. The average molecular weight is 369 g/mol. The first-order chi connectivity index (χ1) is 12.3. The zero-order valence-corrected chi connectivity index (χ0v) is 13.3. The van der Waals surface area contributed by atoms with Gasteiger partial charge in [0.05, 0.1) is 18.8 Å². The topological polar surface area (TPSA) is 84.7 Å². The van der Waals surface area contributed by atoms with E-state index in [1.54, 1.807) is 0 Å². The third-order valence-corrected chi connectivity index (χ3v) is 3.87. The summed E-state index contributed by atoms with van der Waals surface area (Å²) >= 11 is 0. The second-order valence-electron chi connectivity index (χ2n) is 5.64. The fourth-order valence-corrected chi connectivity index (χ4v) is 2.57. The summed E-state index contributed by atoms with van der Waals surface area (Å²) < 4.78 is 44.1. The van der Waals surface area contributed by atoms with Crippen LogP contribution in [0.1, 0.15) is 16.1 Å². The second kappa shape index (κ2) is 6.79. The first-order valence-corrected chi connectivity index (χ1v) is 7.62. The number of aliphatic carboxylic acids is 1. The van der Waals surface area contributed by atoms with E-state index in [0.717, 1.165) is 16.9 Å². The number of alkyl halides is 3. The largest absolute Gasteiger partial charge is 0.479 e. The van der Waals surface area contributed by atoms with E-state index in [9.17, 15) is 22.8 Å². The van der Waals surface area contributed by atoms with E-state index in [1.807, 2.05) is 0 Å². The summed E-state index contributed by atoms with van der Waals surface area (Å²) in [7, 11) is 0. The van der Waals surface area contributed by atoms with Gasteiger partial charge in [-0.05, 0) is 24.3 Å². The first kappa shape index (κ1) is 17.9. The number of hydrogen-bond acceptors (Lipinski definition) is 4. The number of amides is 1. The Morgan fingerprint density at radius 3 is 2.69 bits per heavy atom. The quantitative estimate of drug-likeness (QED) is 0.892. The lowest BCUT2D eigenvalue weighted by Crippen LogP contribution is -2.48. The molecule has 10 heteroatoms. The van der Waals surface area contributed by atoms with Crippen molar-refractivity contribution in [3.63, 3.8) is 0 Å². The second-order valence-corrected chi connectivity index (χ2v) is 5.64. The van der Waals surface area contributed by atoms with Gasteiger partial charge in [0.25, 0.3) is 5.91 Å². The van der Waals surface area contributed by atoms with Gasteiger partial charge in [-0.3, -0.25) is 4.79 Å². The van der Waals surface area contributed by atoms with E-state index < -0.39 is 29.9 Å². The van der Waals surface area contributed by atoms with Crippen molar-refractivity contribution in [3.8, 4) is 5.69 Å². The number of hydrogen-bond donors (Lipinski definition) is 1. The van der Waals surface area contributed by atoms with Gasteiger partial charge < -0.3 is 14.7 Å². The summed E-state index contributed by atoms with van der Waals surface area (Å²) in [6, 6.07) is 6.79. The standard InChI is InChI=1S/C16H14F3N3O4/c17-16(18,19)13-4-5-22(20-13)11-3-1-2-10(8-11)14(23)21-6-7-26-12(9-21)15(24)25/h1-5,8,12H,6-7,9H2,(H,24,25). The van der Waals surface area contributed by atoms with Crippen molar-refractivity contribution in [2.45, 2.75) is 12.3 Å². The molecule has 1 N–H and O–H groups in total. The number of morpholine rings is 1. The molecule has 1 aliphatic heterocycles. The van der Waals surface area contributed by atoms with Gasteiger partial charge in [-0.2, -0.15) is 18.3 Å². The Balaban J connectivity index is 1.82. The van der Waals surface area contributed by atoms with Crippen molar-refractivity contribution in [1.82, 2.24) is 14.7 Å². The highest BCUT2D eigenvalue weighted by Gasteiger charge is 2.34. The predicted octanol–water partition coefficient (Wildman–Crippen LogP) is 1.82. The van der Waals surface area contributed by atoms with E-state index in [2.05, 4.69) is 5.10 Å². The Morgan fingerprint density at radius 2 is 2.04 bits per heavy atom. The molecule has 1 saturated heterocycles. The van der Waals surface area contributed by atoms with Gasteiger partial charge in [-0.1, -0.05) is 6.07 Å². The van der Waals surface area contributed by atoms with Crippen LogP contribution in [0.5, 0.6) is 0 Å². The minimum atomic E-state index is -4.56. The maximum Gasteiger partial charge on any atom is 0.435 e. The molecule has 1 amide bonds. The van der Waals surface area contributed by atoms with Crippen molar-refractivity contribution in [1.29, 1.82) is 0 Å². The van der Waals surface area contributed by atoms with Crippen molar-refractivity contribution >= 4 is 11.9 Å². The Hall–Kier alpha value is -2.88. The van der Waals surface area contributed by atoms with Crippen LogP contribution in [-0.4, -0.2) is 57.5 Å². The maximum absolute atomic E-state index is 12.7. The molecule has 1 fully saturated rings. The van der Waals surface area contributed by atoms with Gasteiger partial charge in [-0.25, -0.2) is 9.48 Å². The number of ether oxygens (including phenoxy) is 1. The van der Waals surface area contributed by atoms with Crippen LogP contribution in [0.4, 0.5) is 13.2 Å². The van der Waals surface area contributed by atoms with Gasteiger partial charge in [-0.15, -0.1) is 0 Å². The molecule has 0 aliphatic carbocycles. The summed E-state index contributed by atoms with van der Waals surface area (Å²) in [5.74, 6) is -1.59. The van der Waals surface area contributed by atoms with Crippen LogP contribution in [0.25, 0.3) is 5.69 Å². The van der Waals surface area contributed by atoms with Gasteiger partial charge >= 0.3 is 12.1 Å². The summed E-state index contributed by atoms with van der Waals surface area (Å²) in [5.41, 5.74) is -0.529. The first-order valence-electron chi connectivity index (χ1n) is 7.62. The Bertz CT molecular complexity index is 834. The number of carbonyl (C=O) groups excluding carboxylic acids is 1. The molecular weight excluding hydrogens is 355 g/mol. The summed E-state index contributed by atoms with van der Waals surface area (Å²) in [5, 5.41) is 12.5. The molecule has 1 aromatic heterocycles. The van der Waals surface area contributed by atoms with E-state index in [0.29, 0.717) is 0 Å². The molecular formula is C16H14F3N3O4. The van der Waals surface area contributed by atoms with Crippen LogP contribution in [0, 0.1) is 0 Å². The highest BCUT2D eigenvalue weighted by atomic mass is 19.4. The lowest BCUT2D eigenvalue weighted by molar-refractivity contribution is -0.154. The van der Waals surface area contributed by atoms with E-state index in [-0.39, 0.29) is 30.9 Å². The number of rotatable bonds is 3. The molecule has 0 saturated carbocycles. The SMILES string of the molecule is O=C(O)C1CN(C(=O)c2cccc(-n3ccc(C(F)(F)F)n3)c2)CCO1. The highest BCUT2D eigenvalue weighted by Crippen LogP contribution is 2.28. The number of nitrogens with zero attached hydrogens (tertiary/aromatic N) is 3. The van der Waals surface area contributed by atoms with Crippen molar-refractivity contribution in [2.75, 3.05) is 19.7 Å². The van der Waals surface area contributed by atoms with Crippen LogP contribution >= 0.6 is 0 Å². The van der Waals surface area contributed by atoms with E-state index in [1.165, 1.54) is 29.2 Å². The van der Waals surface area contributed by atoms with Crippen molar-refractivity contribution in [3.05, 3.63) is 47.8 Å². The van der Waals surface area contributed by atoms with Crippen LogP contribution in [0.2, 0.25) is 0 Å². The Kier molecular flexibility index (Phi) is 4.68. The molecule has 0 spiro atoms. The fraction of sp³-hybridized carbons (Fsp3) is 0.312. The number of aromatic nitrogens is 2. The van der Waals surface area contributed by atoms with Crippen LogP contribution in [0.15, 0.2) is 36.5 Å². The van der Waals surface area contributed by atoms with Gasteiger partial charge in [0.1, 0.15) is 0 Å². The predicted molar refractivity (Wildman–Crippen MR) is 81.8 cm³/mol. The number of carboxylic acids is 1. The third-order valence-electron chi connectivity index (χ3n) is 3.87. The van der Waals surface area contributed by atoms with E-state index >= 15 is 0 Å². The highest BCUT2D eigenvalue weighted by molar-refractivity contribution is 5.95. The smallest absolute Gasteiger partial charge is 0.435 e. The Morgan fingerprint density at radius 1 is 1.27 bits per heavy atom. The minimum Gasteiger partial charge on any atom is -0.479 e. The summed E-state index contributed by atoms with van der Waals surface area (Å²) in [6.07, 6.45) is -4.50. The molecule has 26 heavy (non-hydrogen) atoms. The lowest BCUT2D eigenvalue weighted by atomic mass is 10.1. The molecule has 1 atom stereocenters. The molecule has 3 rings (SSSR count). The number of carboxylic acid groups (broad SMARTS) is 1. The zero-order chi connectivity index (χ0) is 18.9. The molecule has 1 aliphatic rings. The van der Waals surface area contributed by atoms with Gasteiger partial charge in [0.2, 0.25) is 0 Å².